The van der Waals surface area contributed by atoms with E-state index in [9.17, 15) is 18.8 Å². The smallest absolute Gasteiger partial charge is 0.272 e. The van der Waals surface area contributed by atoms with E-state index in [4.69, 9.17) is 11.6 Å². The highest BCUT2D eigenvalue weighted by atomic mass is 35.5. The average molecular weight is 429 g/mol. The quantitative estimate of drug-likeness (QED) is 0.675. The van der Waals surface area contributed by atoms with Crippen molar-refractivity contribution >= 4 is 29.3 Å². The van der Waals surface area contributed by atoms with Crippen LogP contribution >= 0.6 is 11.6 Å². The van der Waals surface area contributed by atoms with Crippen LogP contribution in [0, 0.1) is 23.6 Å². The molecule has 2 aromatic carbocycles. The predicted octanol–water partition coefficient (Wildman–Crippen LogP) is 4.46. The molecule has 0 aromatic heterocycles. The van der Waals surface area contributed by atoms with Crippen LogP contribution in [0.3, 0.4) is 0 Å². The summed E-state index contributed by atoms with van der Waals surface area (Å²) in [5, 5.41) is 2.49. The Kier molecular flexibility index (Phi) is 5.60. The number of hydrazine groups is 1. The van der Waals surface area contributed by atoms with E-state index in [2.05, 4.69) is 6.92 Å². The van der Waals surface area contributed by atoms with E-state index >= 15 is 0 Å². The third kappa shape index (κ3) is 3.72. The lowest BCUT2D eigenvalue weighted by Crippen LogP contribution is -2.50. The Morgan fingerprint density at radius 3 is 2.43 bits per heavy atom. The highest BCUT2D eigenvalue weighted by Gasteiger charge is 2.52. The van der Waals surface area contributed by atoms with Gasteiger partial charge in [-0.3, -0.25) is 14.4 Å². The van der Waals surface area contributed by atoms with Gasteiger partial charge >= 0.3 is 0 Å². The van der Waals surface area contributed by atoms with Gasteiger partial charge in [-0.15, -0.1) is 0 Å². The maximum atomic E-state index is 14.4. The normalized spacial score (nSPS) is 23.4. The zero-order valence-corrected chi connectivity index (χ0v) is 17.3. The first-order valence-corrected chi connectivity index (χ1v) is 10.4. The van der Waals surface area contributed by atoms with Gasteiger partial charge in [0.1, 0.15) is 5.82 Å². The summed E-state index contributed by atoms with van der Waals surface area (Å²) < 4.78 is 14.4. The Morgan fingerprint density at radius 2 is 1.73 bits per heavy atom. The fraction of sp³-hybridized carbons (Fsp3) is 0.348. The number of fused-ring (bicyclic) bond motifs is 1. The molecule has 7 heteroatoms. The molecule has 1 aliphatic heterocycles. The van der Waals surface area contributed by atoms with Crippen molar-refractivity contribution < 1.29 is 18.8 Å². The summed E-state index contributed by atoms with van der Waals surface area (Å²) in [6, 6.07) is 12.2. The Morgan fingerprint density at radius 1 is 1.07 bits per heavy atom. The van der Waals surface area contributed by atoms with Crippen molar-refractivity contribution in [2.45, 2.75) is 32.7 Å². The fourth-order valence-electron chi connectivity index (χ4n) is 4.37. The third-order valence-electron chi connectivity index (χ3n) is 6.01. The van der Waals surface area contributed by atoms with Gasteiger partial charge in [0.15, 0.2) is 0 Å². The van der Waals surface area contributed by atoms with Gasteiger partial charge in [-0.2, -0.15) is 5.01 Å². The van der Waals surface area contributed by atoms with Crippen LogP contribution in [0.2, 0.25) is 5.02 Å². The van der Waals surface area contributed by atoms with Crippen molar-refractivity contribution in [2.24, 2.45) is 17.8 Å². The number of imide groups is 1. The molecule has 30 heavy (non-hydrogen) atoms. The number of carbonyl (C=O) groups is 3. The monoisotopic (exact) mass is 428 g/mol. The van der Waals surface area contributed by atoms with Crippen LogP contribution in [-0.4, -0.2) is 27.7 Å². The lowest BCUT2D eigenvalue weighted by Gasteiger charge is -2.30. The van der Waals surface area contributed by atoms with Crippen molar-refractivity contribution in [3.05, 3.63) is 70.5 Å². The molecule has 1 saturated carbocycles. The molecule has 0 spiro atoms. The SMILES string of the molecule is C[C@@H]1CC[C@@H]2C(=O)N(N(Cc3ccccc3F)C(=O)c3ccc(Cl)cc3)C(=O)[C@H]2C1. The summed E-state index contributed by atoms with van der Waals surface area (Å²) in [6.07, 6.45) is 2.11. The Bertz CT molecular complexity index is 994. The Labute approximate surface area is 179 Å². The minimum Gasteiger partial charge on any atom is -0.272 e. The molecule has 2 aromatic rings. The number of rotatable bonds is 4. The first-order chi connectivity index (χ1) is 14.4. The molecule has 3 atom stereocenters. The number of halogens is 2. The van der Waals surface area contributed by atoms with Crippen LogP contribution in [0.15, 0.2) is 48.5 Å². The van der Waals surface area contributed by atoms with Gasteiger partial charge in [-0.1, -0.05) is 36.7 Å². The second-order valence-corrected chi connectivity index (χ2v) is 8.52. The van der Waals surface area contributed by atoms with E-state index < -0.39 is 23.6 Å². The van der Waals surface area contributed by atoms with Crippen LogP contribution < -0.4 is 0 Å². The molecular formula is C23H22ClFN2O3. The Hall–Kier alpha value is -2.73. The predicted molar refractivity (Wildman–Crippen MR) is 110 cm³/mol. The highest BCUT2D eigenvalue weighted by molar-refractivity contribution is 6.30. The van der Waals surface area contributed by atoms with Crippen molar-refractivity contribution in [1.29, 1.82) is 0 Å². The van der Waals surface area contributed by atoms with Gasteiger partial charge in [-0.25, -0.2) is 9.40 Å². The molecular weight excluding hydrogens is 407 g/mol. The molecule has 2 aliphatic rings. The van der Waals surface area contributed by atoms with E-state index in [0.717, 1.165) is 16.4 Å². The molecule has 0 unspecified atom stereocenters. The Balaban J connectivity index is 1.72. The van der Waals surface area contributed by atoms with Gasteiger partial charge < -0.3 is 0 Å². The summed E-state index contributed by atoms with van der Waals surface area (Å²) in [5.74, 6) is -2.32. The van der Waals surface area contributed by atoms with Crippen molar-refractivity contribution in [2.75, 3.05) is 0 Å². The zero-order chi connectivity index (χ0) is 21.4. The highest BCUT2D eigenvalue weighted by Crippen LogP contribution is 2.41. The standard InChI is InChI=1S/C23H22ClFN2O3/c1-14-6-11-18-19(12-14)23(30)27(22(18)29)26(13-16-4-2-3-5-20(16)25)21(28)15-7-9-17(24)10-8-15/h2-5,7-10,14,18-19H,6,11-13H2,1H3/t14-,18+,19+/m1/s1. The number of nitrogens with zero attached hydrogens (tertiary/aromatic N) is 2. The molecule has 1 saturated heterocycles. The zero-order valence-electron chi connectivity index (χ0n) is 16.6. The van der Waals surface area contributed by atoms with Gasteiger partial charge in [-0.05, 0) is 55.5 Å². The van der Waals surface area contributed by atoms with Crippen molar-refractivity contribution in [3.63, 3.8) is 0 Å². The van der Waals surface area contributed by atoms with E-state index in [1.807, 2.05) is 0 Å². The molecule has 2 fully saturated rings. The number of amides is 3. The molecule has 0 N–H and O–H groups in total. The second-order valence-electron chi connectivity index (χ2n) is 8.08. The molecule has 0 bridgehead atoms. The van der Waals surface area contributed by atoms with Gasteiger partial charge in [0, 0.05) is 16.1 Å². The number of carbonyl (C=O) groups excluding carboxylic acids is 3. The van der Waals surface area contributed by atoms with Crippen LogP contribution in [-0.2, 0) is 16.1 Å². The molecule has 4 rings (SSSR count). The lowest BCUT2D eigenvalue weighted by atomic mass is 9.76. The summed E-state index contributed by atoms with van der Waals surface area (Å²) in [4.78, 5) is 39.7. The topological polar surface area (TPSA) is 57.7 Å². The minimum absolute atomic E-state index is 0.222. The minimum atomic E-state index is -0.552. The van der Waals surface area contributed by atoms with E-state index in [0.29, 0.717) is 23.8 Å². The number of hydrogen-bond donors (Lipinski definition) is 0. The van der Waals surface area contributed by atoms with Gasteiger partial charge in [0.05, 0.1) is 18.4 Å². The number of benzene rings is 2. The van der Waals surface area contributed by atoms with E-state index in [1.54, 1.807) is 24.3 Å². The van der Waals surface area contributed by atoms with Crippen LogP contribution in [0.5, 0.6) is 0 Å². The molecule has 3 amide bonds. The van der Waals surface area contributed by atoms with Crippen LogP contribution in [0.25, 0.3) is 0 Å². The van der Waals surface area contributed by atoms with Crippen LogP contribution in [0.1, 0.15) is 42.1 Å². The second kappa shape index (κ2) is 8.19. The number of hydrogen-bond acceptors (Lipinski definition) is 3. The fourth-order valence-corrected chi connectivity index (χ4v) is 4.50. The summed E-state index contributed by atoms with van der Waals surface area (Å²) in [6.45, 7) is 1.84. The average Bonchev–Trinajstić information content (AvgIpc) is 2.97. The van der Waals surface area contributed by atoms with Crippen LogP contribution in [0.4, 0.5) is 4.39 Å². The molecule has 1 aliphatic carbocycles. The molecule has 0 radical (unpaired) electrons. The maximum absolute atomic E-state index is 14.4. The summed E-state index contributed by atoms with van der Waals surface area (Å²) >= 11 is 5.92. The molecule has 5 nitrogen and oxygen atoms in total. The maximum Gasteiger partial charge on any atom is 0.273 e. The van der Waals surface area contributed by atoms with E-state index in [-0.39, 0.29) is 29.5 Å². The van der Waals surface area contributed by atoms with Crippen molar-refractivity contribution in [3.8, 4) is 0 Å². The van der Waals surface area contributed by atoms with Gasteiger partial charge in [0.25, 0.3) is 17.7 Å². The summed E-state index contributed by atoms with van der Waals surface area (Å²) in [7, 11) is 0. The lowest BCUT2D eigenvalue weighted by molar-refractivity contribution is -0.155. The van der Waals surface area contributed by atoms with Crippen molar-refractivity contribution in [1.82, 2.24) is 10.0 Å². The third-order valence-corrected chi connectivity index (χ3v) is 6.26. The largest absolute Gasteiger partial charge is 0.273 e. The summed E-state index contributed by atoms with van der Waals surface area (Å²) in [5.41, 5.74) is 0.489. The van der Waals surface area contributed by atoms with Gasteiger partial charge in [0.2, 0.25) is 0 Å². The van der Waals surface area contributed by atoms with E-state index in [1.165, 1.54) is 24.3 Å². The molecule has 156 valence electrons. The molecule has 1 heterocycles. The first kappa shape index (κ1) is 20.5. The first-order valence-electron chi connectivity index (χ1n) is 10.1.